The smallest absolute Gasteiger partial charge is 0.394 e. The van der Waals surface area contributed by atoms with Crippen molar-refractivity contribution in [2.24, 2.45) is 71.0 Å². The molecule has 16 atom stereocenters. The van der Waals surface area contributed by atoms with Crippen molar-refractivity contribution in [1.29, 1.82) is 0 Å². The van der Waals surface area contributed by atoms with Gasteiger partial charge in [-0.05, 0) is 124 Å². The zero-order valence-corrected chi connectivity index (χ0v) is 42.2. The van der Waals surface area contributed by atoms with Gasteiger partial charge < -0.3 is 48.1 Å². The molecule has 0 aromatic heterocycles. The molecule has 9 fully saturated rings. The van der Waals surface area contributed by atoms with Crippen LogP contribution >= 0.6 is 0 Å². The number of rotatable bonds is 9. The van der Waals surface area contributed by atoms with E-state index < -0.39 is 22.3 Å². The molecular weight excluding hydrogens is 937 g/mol. The fourth-order valence-electron chi connectivity index (χ4n) is 12.4. The number of aliphatic hydroxyl groups is 2. The van der Waals surface area contributed by atoms with E-state index >= 15 is 0 Å². The maximum Gasteiger partial charge on any atom is 0.394 e. The minimum absolute atomic E-state index is 0.0152. The van der Waals surface area contributed by atoms with Gasteiger partial charge in [-0.3, -0.25) is 37.9 Å². The summed E-state index contributed by atoms with van der Waals surface area (Å²) in [5.41, 5.74) is 0. The summed E-state index contributed by atoms with van der Waals surface area (Å²) in [4.78, 5) is 63.2. The van der Waals surface area contributed by atoms with Gasteiger partial charge in [-0.15, -0.1) is 0 Å². The van der Waals surface area contributed by atoms with Crippen molar-refractivity contribution < 1.29 is 94.4 Å². The fraction of sp³-hybridized carbons (Fsp3) is 0.870. The Morgan fingerprint density at radius 3 is 1.40 bits per heavy atom. The molecule has 8 saturated carbocycles. The van der Waals surface area contributed by atoms with Crippen molar-refractivity contribution in [3.63, 3.8) is 0 Å². The first-order valence-corrected chi connectivity index (χ1v) is 25.7. The second-order valence-electron chi connectivity index (χ2n) is 19.6. The van der Waals surface area contributed by atoms with Gasteiger partial charge in [-0.25, -0.2) is 0 Å². The highest BCUT2D eigenvalue weighted by Gasteiger charge is 2.52. The number of aliphatic hydroxyl groups excluding tert-OH is 2. The first-order chi connectivity index (χ1) is 33.0. The van der Waals surface area contributed by atoms with Crippen molar-refractivity contribution in [3.8, 4) is 0 Å². The number of carbonyl (C=O) groups is 6. The average Bonchev–Trinajstić information content (AvgIpc) is 4.14. The van der Waals surface area contributed by atoms with Crippen LogP contribution in [0.15, 0.2) is 0 Å². The maximum atomic E-state index is 11.1. The molecule has 0 amide bonds. The molecule has 1 saturated heterocycles. The maximum absolute atomic E-state index is 11.1. The molecule has 8 bridgehead atoms. The molecule has 393 valence electrons. The third-order valence-electron chi connectivity index (χ3n) is 14.9. The van der Waals surface area contributed by atoms with Gasteiger partial charge in [0.25, 0.3) is 0 Å². The minimum Gasteiger partial charge on any atom is -0.465 e. The zero-order valence-electron chi connectivity index (χ0n) is 41.4. The Labute approximate surface area is 415 Å². The predicted octanol–water partition coefficient (Wildman–Crippen LogP) is 3.12. The highest BCUT2D eigenvalue weighted by Crippen LogP contribution is 2.52. The van der Waals surface area contributed by atoms with Crippen LogP contribution in [0.2, 0.25) is 0 Å². The second-order valence-corrected chi connectivity index (χ2v) is 20.5. The van der Waals surface area contributed by atoms with Crippen LogP contribution in [-0.4, -0.2) is 151 Å². The monoisotopic (exact) mass is 1010 g/mol. The van der Waals surface area contributed by atoms with Crippen molar-refractivity contribution in [1.82, 2.24) is 0 Å². The highest BCUT2D eigenvalue weighted by atomic mass is 32.3. The molecule has 1 aliphatic heterocycles. The Morgan fingerprint density at radius 2 is 1.00 bits per heavy atom. The Hall–Kier alpha value is -3.12. The van der Waals surface area contributed by atoms with Gasteiger partial charge in [0.1, 0.15) is 19.0 Å². The highest BCUT2D eigenvalue weighted by molar-refractivity contribution is 7.79. The predicted molar refractivity (Wildman–Crippen MR) is 250 cm³/mol. The van der Waals surface area contributed by atoms with Crippen LogP contribution in [0.3, 0.4) is 0 Å². The van der Waals surface area contributed by atoms with Crippen molar-refractivity contribution in [2.45, 2.75) is 143 Å². The van der Waals surface area contributed by atoms with Gasteiger partial charge in [-0.2, -0.15) is 8.42 Å². The molecule has 0 aromatic carbocycles. The van der Waals surface area contributed by atoms with Crippen molar-refractivity contribution >= 4 is 68.8 Å². The molecule has 1 heterocycles. The second kappa shape index (κ2) is 30.2. The van der Waals surface area contributed by atoms with Crippen LogP contribution in [0.1, 0.15) is 119 Å². The number of esters is 6. The Kier molecular flexibility index (Phi) is 26.4. The van der Waals surface area contributed by atoms with Gasteiger partial charge in [0.2, 0.25) is 0 Å². The van der Waals surface area contributed by atoms with E-state index in [4.69, 9.17) is 55.8 Å². The van der Waals surface area contributed by atoms with Gasteiger partial charge in [-0.1, -0.05) is 0 Å². The van der Waals surface area contributed by atoms with E-state index in [2.05, 4.69) is 20.2 Å². The summed E-state index contributed by atoms with van der Waals surface area (Å²) in [6.45, 7) is 10.6. The third kappa shape index (κ3) is 20.4. The molecule has 9 rings (SSSR count). The van der Waals surface area contributed by atoms with Gasteiger partial charge >= 0.3 is 46.2 Å². The van der Waals surface area contributed by atoms with Gasteiger partial charge in [0, 0.05) is 94.4 Å². The third-order valence-corrected chi connectivity index (χ3v) is 14.9. The number of ether oxygens (including phenoxy) is 8. The molecule has 70 heavy (non-hydrogen) atoms. The first-order valence-electron chi connectivity index (χ1n) is 24.3. The SMILES string of the molecule is C1OC[C@@H]2[C@@H]3CC[C@@H](C3)[C@@H]2O1.CC(=O)OC(C)=O.CC(=O)OCOC[C@@H]1[C@@H]2CC[C@@H](C2)[C@@H]1OC(C)=O.CC(=O)OC[C@@H]1[C@@H]2CC[C@@H](C2)[C@@H]1OC(C)=O.O=S(=O)(O)O.OC[C@@H]1[C@@H]2CC[C@@H](C2)[C@@H]1O.[B][B][B]. The summed E-state index contributed by atoms with van der Waals surface area (Å²) in [6.07, 6.45) is 15.0. The zero-order chi connectivity index (χ0) is 52.3. The van der Waals surface area contributed by atoms with Crippen LogP contribution in [-0.2, 0) is 77.1 Å². The lowest BCUT2D eigenvalue weighted by Gasteiger charge is -2.34. The number of hydrogen-bond donors (Lipinski definition) is 4. The Morgan fingerprint density at radius 1 is 0.586 bits per heavy atom. The van der Waals surface area contributed by atoms with Crippen LogP contribution in [0, 0.1) is 71.0 Å². The first kappa shape index (κ1) is 61.2. The molecule has 8 aliphatic carbocycles. The van der Waals surface area contributed by atoms with E-state index in [0.717, 1.165) is 63.5 Å². The molecule has 0 spiro atoms. The summed E-state index contributed by atoms with van der Waals surface area (Å²) >= 11 is 0. The molecule has 20 nitrogen and oxygen atoms in total. The summed E-state index contributed by atoms with van der Waals surface area (Å²) in [5.74, 6) is 4.31. The Bertz CT molecular complexity index is 1750. The molecule has 0 unspecified atom stereocenters. The molecule has 24 heteroatoms. The van der Waals surface area contributed by atoms with Crippen molar-refractivity contribution in [3.05, 3.63) is 0 Å². The van der Waals surface area contributed by atoms with E-state index in [1.807, 2.05) is 0 Å². The number of carbonyl (C=O) groups excluding carboxylic acids is 6. The topological polar surface area (TPSA) is 291 Å². The summed E-state index contributed by atoms with van der Waals surface area (Å²) in [6, 6.07) is 0. The summed E-state index contributed by atoms with van der Waals surface area (Å²) < 4.78 is 72.4. The van der Waals surface area contributed by atoms with Crippen LogP contribution in [0.4, 0.5) is 0 Å². The van der Waals surface area contributed by atoms with E-state index in [-0.39, 0.29) is 73.3 Å². The van der Waals surface area contributed by atoms with Crippen LogP contribution < -0.4 is 0 Å². The van der Waals surface area contributed by atoms with E-state index in [9.17, 15) is 33.9 Å². The summed E-state index contributed by atoms with van der Waals surface area (Å²) in [5, 5.41) is 18.4. The number of hydrogen-bond acceptors (Lipinski definition) is 18. The summed E-state index contributed by atoms with van der Waals surface area (Å²) in [7, 11) is 5.33. The lowest BCUT2D eigenvalue weighted by atomic mass is 9.40. The quantitative estimate of drug-likeness (QED) is 0.0491. The molecular formula is C46H74B3O20S. The number of fused-ring (bicyclic) bond motifs is 11. The Balaban J connectivity index is 0.000000229. The molecule has 9 aliphatic rings. The van der Waals surface area contributed by atoms with E-state index in [1.54, 1.807) is 0 Å². The minimum atomic E-state index is -4.67. The molecule has 4 N–H and O–H groups in total. The van der Waals surface area contributed by atoms with E-state index in [1.165, 1.54) is 86.5 Å². The van der Waals surface area contributed by atoms with Gasteiger partial charge in [0.05, 0.1) is 32.0 Å². The van der Waals surface area contributed by atoms with Crippen LogP contribution in [0.5, 0.6) is 0 Å². The fourth-order valence-corrected chi connectivity index (χ4v) is 12.4. The van der Waals surface area contributed by atoms with Gasteiger partial charge in [0.15, 0.2) is 6.79 Å². The molecule has 0 aromatic rings. The largest absolute Gasteiger partial charge is 0.465 e. The lowest BCUT2D eigenvalue weighted by molar-refractivity contribution is -0.183. The van der Waals surface area contributed by atoms with Crippen LogP contribution in [0.25, 0.3) is 0 Å². The average molecular weight is 1010 g/mol. The standard InChI is InChI=1S/C13H20O5.C12H18O4.C9H14O2.C8H14O2.C4H6O3.B3.H2O4S/c1-8(14)17-7-16-6-12-10-3-4-11(5-10)13(12)18-9(2)15;1-7(13)15-6-11-9-3-4-10(5-9)12(11)16-8(2)14;1-2-7-3-6(1)8-4-10-5-11-9(7)8;9-4-7-5-1-2-6(3-5)8(7)10;1-3(5)7-4(2)6;1-3-2;1-5(2,3)4/h10-13H,3-7H2,1-2H3;9-12H,3-6H2,1-2H3;6-9H,1-5H2;5-10H,1-4H2;1-2H3;;(H2,1,2,3,4)/t10-,11+,12-,13+;9-,10+,11-,12+;6-,7+,8-,9+;5-,6+,7-,8+;;;/m1111.../s1. The molecule has 5 radical (unpaired) electrons. The van der Waals surface area contributed by atoms with E-state index in [0.29, 0.717) is 61.6 Å². The lowest BCUT2D eigenvalue weighted by Crippen LogP contribution is -2.38. The normalized spacial score (nSPS) is 34.7. The van der Waals surface area contributed by atoms with Crippen molar-refractivity contribution in [2.75, 3.05) is 40.0 Å².